The van der Waals surface area contributed by atoms with Crippen molar-refractivity contribution in [2.24, 2.45) is 16.8 Å². The van der Waals surface area contributed by atoms with Gasteiger partial charge in [0.1, 0.15) is 0 Å². The minimum atomic E-state index is -0.156. The summed E-state index contributed by atoms with van der Waals surface area (Å²) in [6.45, 7) is 4.06. The first-order valence-electron chi connectivity index (χ1n) is 7.33. The van der Waals surface area contributed by atoms with Gasteiger partial charge in [-0.15, -0.1) is 24.0 Å². The first-order valence-corrected chi connectivity index (χ1v) is 7.71. The summed E-state index contributed by atoms with van der Waals surface area (Å²) in [5.41, 5.74) is 1.02. The largest absolute Gasteiger partial charge is 0.469 e. The van der Waals surface area contributed by atoms with E-state index in [9.17, 15) is 4.79 Å². The predicted molar refractivity (Wildman–Crippen MR) is 103 cm³/mol. The van der Waals surface area contributed by atoms with Gasteiger partial charge in [-0.25, -0.2) is 0 Å². The second-order valence-corrected chi connectivity index (χ2v) is 5.91. The smallest absolute Gasteiger partial charge is 0.310 e. The topological polar surface area (TPSA) is 53.9 Å². The zero-order valence-corrected chi connectivity index (χ0v) is 16.7. The van der Waals surface area contributed by atoms with Crippen molar-refractivity contribution in [3.8, 4) is 0 Å². The number of halogens is 2. The van der Waals surface area contributed by atoms with E-state index in [1.807, 2.05) is 24.3 Å². The molecule has 5 nitrogen and oxygen atoms in total. The van der Waals surface area contributed by atoms with Crippen LogP contribution in [0, 0.1) is 11.8 Å². The SMILES string of the molecule is CN=C(NCc1ccccc1Cl)N1CC(C)C(C(=O)OC)C1.I. The Labute approximate surface area is 159 Å². The minimum absolute atomic E-state index is 0. The number of rotatable bonds is 3. The van der Waals surface area contributed by atoms with Gasteiger partial charge in [-0.1, -0.05) is 36.7 Å². The molecule has 0 spiro atoms. The van der Waals surface area contributed by atoms with Crippen LogP contribution in [-0.4, -0.2) is 44.1 Å². The molecule has 23 heavy (non-hydrogen) atoms. The molecular weight excluding hydrogens is 429 g/mol. The second-order valence-electron chi connectivity index (χ2n) is 5.50. The van der Waals surface area contributed by atoms with E-state index < -0.39 is 0 Å². The summed E-state index contributed by atoms with van der Waals surface area (Å²) in [5, 5.41) is 4.04. The van der Waals surface area contributed by atoms with Crippen molar-refractivity contribution in [1.29, 1.82) is 0 Å². The minimum Gasteiger partial charge on any atom is -0.469 e. The lowest BCUT2D eigenvalue weighted by atomic mass is 9.99. The molecule has 0 amide bonds. The van der Waals surface area contributed by atoms with Crippen molar-refractivity contribution in [1.82, 2.24) is 10.2 Å². The molecule has 2 rings (SSSR count). The highest BCUT2D eigenvalue weighted by molar-refractivity contribution is 14.0. The van der Waals surface area contributed by atoms with Crippen LogP contribution in [-0.2, 0) is 16.1 Å². The van der Waals surface area contributed by atoms with Crippen LogP contribution in [0.3, 0.4) is 0 Å². The molecular formula is C16H23ClIN3O2. The van der Waals surface area contributed by atoms with E-state index in [1.165, 1.54) is 7.11 Å². The summed E-state index contributed by atoms with van der Waals surface area (Å²) in [6, 6.07) is 7.71. The average molecular weight is 452 g/mol. The van der Waals surface area contributed by atoms with E-state index in [-0.39, 0.29) is 41.8 Å². The monoisotopic (exact) mass is 451 g/mol. The summed E-state index contributed by atoms with van der Waals surface area (Å²) in [7, 11) is 3.17. The van der Waals surface area contributed by atoms with Crippen LogP contribution in [0.1, 0.15) is 12.5 Å². The maximum Gasteiger partial charge on any atom is 0.310 e. The quantitative estimate of drug-likeness (QED) is 0.332. The number of benzene rings is 1. The molecule has 0 radical (unpaired) electrons. The zero-order chi connectivity index (χ0) is 16.1. The number of methoxy groups -OCH3 is 1. The highest BCUT2D eigenvalue weighted by Gasteiger charge is 2.36. The highest BCUT2D eigenvalue weighted by Crippen LogP contribution is 2.24. The maximum absolute atomic E-state index is 11.8. The van der Waals surface area contributed by atoms with Crippen LogP contribution in [0.15, 0.2) is 29.3 Å². The van der Waals surface area contributed by atoms with Crippen molar-refractivity contribution in [2.75, 3.05) is 27.2 Å². The number of hydrogen-bond acceptors (Lipinski definition) is 3. The molecule has 2 unspecified atom stereocenters. The molecule has 1 heterocycles. The number of esters is 1. The van der Waals surface area contributed by atoms with Gasteiger partial charge in [0.25, 0.3) is 0 Å². The lowest BCUT2D eigenvalue weighted by molar-refractivity contribution is -0.145. The number of likely N-dealkylation sites (tertiary alicyclic amines) is 1. The van der Waals surface area contributed by atoms with Gasteiger partial charge in [-0.2, -0.15) is 0 Å². The predicted octanol–water partition coefficient (Wildman–Crippen LogP) is 2.77. The van der Waals surface area contributed by atoms with Gasteiger partial charge in [0.05, 0.1) is 13.0 Å². The molecule has 7 heteroatoms. The van der Waals surface area contributed by atoms with E-state index in [0.29, 0.717) is 13.1 Å². The molecule has 0 saturated carbocycles. The molecule has 0 aliphatic carbocycles. The zero-order valence-electron chi connectivity index (χ0n) is 13.6. The number of hydrogen-bond donors (Lipinski definition) is 1. The Morgan fingerprint density at radius 1 is 1.43 bits per heavy atom. The van der Waals surface area contributed by atoms with Gasteiger partial charge >= 0.3 is 5.97 Å². The Hall–Kier alpha value is -1.02. The fraction of sp³-hybridized carbons (Fsp3) is 0.500. The number of nitrogens with zero attached hydrogens (tertiary/aromatic N) is 2. The van der Waals surface area contributed by atoms with E-state index >= 15 is 0 Å². The molecule has 1 aromatic carbocycles. The van der Waals surface area contributed by atoms with Gasteiger partial charge in [0, 0.05) is 31.7 Å². The van der Waals surface area contributed by atoms with Gasteiger partial charge in [-0.05, 0) is 17.5 Å². The summed E-state index contributed by atoms with van der Waals surface area (Å²) in [4.78, 5) is 18.2. The summed E-state index contributed by atoms with van der Waals surface area (Å²) in [6.07, 6.45) is 0. The second kappa shape index (κ2) is 9.32. The van der Waals surface area contributed by atoms with Crippen LogP contribution in [0.25, 0.3) is 0 Å². The molecule has 1 aromatic rings. The summed E-state index contributed by atoms with van der Waals surface area (Å²) < 4.78 is 4.87. The van der Waals surface area contributed by atoms with Crippen LogP contribution in [0.2, 0.25) is 5.02 Å². The molecule has 1 N–H and O–H groups in total. The number of nitrogens with one attached hydrogen (secondary N) is 1. The van der Waals surface area contributed by atoms with Gasteiger partial charge in [-0.3, -0.25) is 9.79 Å². The first kappa shape index (κ1) is 20.0. The van der Waals surface area contributed by atoms with Crippen molar-refractivity contribution < 1.29 is 9.53 Å². The summed E-state index contributed by atoms with van der Waals surface area (Å²) in [5.74, 6) is 0.755. The molecule has 1 aliphatic heterocycles. The molecule has 1 saturated heterocycles. The Kier molecular flexibility index (Phi) is 8.11. The Morgan fingerprint density at radius 3 is 2.74 bits per heavy atom. The molecule has 0 aromatic heterocycles. The van der Waals surface area contributed by atoms with E-state index in [2.05, 4.69) is 22.1 Å². The number of ether oxygens (including phenoxy) is 1. The Balaban J connectivity index is 0.00000264. The van der Waals surface area contributed by atoms with Crippen LogP contribution in [0.5, 0.6) is 0 Å². The molecule has 1 fully saturated rings. The number of aliphatic imine (C=N–C) groups is 1. The third kappa shape index (κ3) is 4.97. The van der Waals surface area contributed by atoms with E-state index in [4.69, 9.17) is 16.3 Å². The lowest BCUT2D eigenvalue weighted by Gasteiger charge is -2.21. The Bertz CT molecular complexity index is 568. The fourth-order valence-corrected chi connectivity index (χ4v) is 2.95. The highest BCUT2D eigenvalue weighted by atomic mass is 127. The summed E-state index contributed by atoms with van der Waals surface area (Å²) >= 11 is 6.16. The normalized spacial score (nSPS) is 20.9. The van der Waals surface area contributed by atoms with Crippen LogP contribution in [0.4, 0.5) is 0 Å². The van der Waals surface area contributed by atoms with Crippen LogP contribution < -0.4 is 5.32 Å². The third-order valence-corrected chi connectivity index (χ3v) is 4.39. The van der Waals surface area contributed by atoms with Crippen molar-refractivity contribution in [3.63, 3.8) is 0 Å². The van der Waals surface area contributed by atoms with E-state index in [0.717, 1.165) is 23.1 Å². The molecule has 1 aliphatic rings. The molecule has 128 valence electrons. The fourth-order valence-electron chi connectivity index (χ4n) is 2.75. The lowest BCUT2D eigenvalue weighted by Crippen LogP contribution is -2.40. The third-order valence-electron chi connectivity index (χ3n) is 4.02. The average Bonchev–Trinajstić information content (AvgIpc) is 2.90. The van der Waals surface area contributed by atoms with Gasteiger partial charge in [0.2, 0.25) is 0 Å². The maximum atomic E-state index is 11.8. The van der Waals surface area contributed by atoms with Crippen molar-refractivity contribution in [3.05, 3.63) is 34.9 Å². The molecule has 0 bridgehead atoms. The Morgan fingerprint density at radius 2 is 2.13 bits per heavy atom. The molecule has 2 atom stereocenters. The van der Waals surface area contributed by atoms with Crippen molar-refractivity contribution >= 4 is 47.5 Å². The number of carbonyl (C=O) groups is 1. The first-order chi connectivity index (χ1) is 10.6. The van der Waals surface area contributed by atoms with Gasteiger partial charge < -0.3 is 15.0 Å². The number of carbonyl (C=O) groups excluding carboxylic acids is 1. The standard InChI is InChI=1S/C16H22ClN3O2.HI/c1-11-9-20(10-13(11)15(21)22-3)16(18-2)19-8-12-6-4-5-7-14(12)17;/h4-7,11,13H,8-10H2,1-3H3,(H,18,19);1H. The van der Waals surface area contributed by atoms with Crippen LogP contribution >= 0.6 is 35.6 Å². The van der Waals surface area contributed by atoms with E-state index in [1.54, 1.807) is 7.05 Å². The van der Waals surface area contributed by atoms with Crippen molar-refractivity contribution in [2.45, 2.75) is 13.5 Å². The van der Waals surface area contributed by atoms with Gasteiger partial charge in [0.15, 0.2) is 5.96 Å². The number of guanidine groups is 1.